The first-order valence-corrected chi connectivity index (χ1v) is 5.76. The van der Waals surface area contributed by atoms with Gasteiger partial charge < -0.3 is 5.11 Å². The molecule has 0 amide bonds. The van der Waals surface area contributed by atoms with Gasteiger partial charge in [-0.15, -0.1) is 0 Å². The summed E-state index contributed by atoms with van der Waals surface area (Å²) in [4.78, 5) is 0. The predicted octanol–water partition coefficient (Wildman–Crippen LogP) is 2.92. The molecule has 0 saturated carbocycles. The lowest BCUT2D eigenvalue weighted by molar-refractivity contribution is 0.202. The number of benzene rings is 1. The Hall–Kier alpha value is -1.46. The molecule has 0 aliphatic carbocycles. The lowest BCUT2D eigenvalue weighted by Crippen LogP contribution is -2.11. The summed E-state index contributed by atoms with van der Waals surface area (Å²) in [6, 6.07) is 2.90. The number of aryl methyl sites for hydroxylation is 1. The second kappa shape index (κ2) is 5.04. The van der Waals surface area contributed by atoms with E-state index in [0.717, 1.165) is 18.2 Å². The summed E-state index contributed by atoms with van der Waals surface area (Å²) < 4.78 is 28.1. The van der Waals surface area contributed by atoms with Crippen molar-refractivity contribution in [3.63, 3.8) is 0 Å². The lowest BCUT2D eigenvalue weighted by Gasteiger charge is -2.14. The first-order chi connectivity index (χ1) is 8.54. The number of hydrogen-bond acceptors (Lipinski definition) is 2. The molecule has 0 aliphatic rings. The molecule has 1 N–H and O–H groups in total. The average molecular weight is 273 g/mol. The molecule has 1 unspecified atom stereocenters. The van der Waals surface area contributed by atoms with Gasteiger partial charge in [0.2, 0.25) is 0 Å². The van der Waals surface area contributed by atoms with Gasteiger partial charge in [-0.05, 0) is 25.1 Å². The third-order valence-corrected chi connectivity index (χ3v) is 2.94. The van der Waals surface area contributed by atoms with Crippen LogP contribution in [-0.4, -0.2) is 14.9 Å². The molecule has 0 spiro atoms. The molecule has 1 aromatic carbocycles. The summed E-state index contributed by atoms with van der Waals surface area (Å²) in [5.74, 6) is -1.31. The summed E-state index contributed by atoms with van der Waals surface area (Å²) >= 11 is 5.90. The van der Waals surface area contributed by atoms with Crippen molar-refractivity contribution in [2.24, 2.45) is 0 Å². The number of rotatable bonds is 3. The van der Waals surface area contributed by atoms with Crippen molar-refractivity contribution < 1.29 is 13.9 Å². The molecule has 2 aromatic rings. The minimum Gasteiger partial charge on any atom is -0.382 e. The largest absolute Gasteiger partial charge is 0.382 e. The molecule has 2 rings (SSSR count). The number of hydrogen-bond donors (Lipinski definition) is 1. The van der Waals surface area contributed by atoms with Crippen molar-refractivity contribution >= 4 is 11.6 Å². The van der Waals surface area contributed by atoms with Gasteiger partial charge in [-0.3, -0.25) is 4.68 Å². The fraction of sp³-hybridized carbons (Fsp3) is 0.250. The van der Waals surface area contributed by atoms with E-state index in [1.54, 1.807) is 0 Å². The molecule has 0 fully saturated rings. The molecular formula is C12H11ClF2N2O. The Morgan fingerprint density at radius 2 is 2.17 bits per heavy atom. The van der Waals surface area contributed by atoms with Crippen LogP contribution in [0.25, 0.3) is 0 Å². The van der Waals surface area contributed by atoms with Crippen molar-refractivity contribution in [1.29, 1.82) is 0 Å². The maximum absolute atomic E-state index is 13.6. The van der Waals surface area contributed by atoms with Crippen LogP contribution in [0.15, 0.2) is 24.4 Å². The molecule has 96 valence electrons. The zero-order valence-electron chi connectivity index (χ0n) is 9.57. The van der Waals surface area contributed by atoms with E-state index in [4.69, 9.17) is 11.6 Å². The average Bonchev–Trinajstić information content (AvgIpc) is 2.72. The summed E-state index contributed by atoms with van der Waals surface area (Å²) in [5, 5.41) is 14.3. The molecule has 18 heavy (non-hydrogen) atoms. The highest BCUT2D eigenvalue weighted by molar-refractivity contribution is 6.31. The summed E-state index contributed by atoms with van der Waals surface area (Å²) in [6.07, 6.45) is 0.0107. The van der Waals surface area contributed by atoms with Crippen molar-refractivity contribution in [1.82, 2.24) is 9.78 Å². The van der Waals surface area contributed by atoms with E-state index in [1.165, 1.54) is 10.9 Å². The zero-order valence-corrected chi connectivity index (χ0v) is 10.3. The van der Waals surface area contributed by atoms with Crippen LogP contribution in [0, 0.1) is 11.6 Å². The highest BCUT2D eigenvalue weighted by Crippen LogP contribution is 2.30. The van der Waals surface area contributed by atoms with Crippen molar-refractivity contribution in [3.05, 3.63) is 52.3 Å². The van der Waals surface area contributed by atoms with E-state index in [9.17, 15) is 13.9 Å². The Bertz CT molecular complexity index is 571. The molecule has 0 bridgehead atoms. The maximum Gasteiger partial charge on any atom is 0.129 e. The van der Waals surface area contributed by atoms with Gasteiger partial charge in [-0.25, -0.2) is 8.78 Å². The van der Waals surface area contributed by atoms with Crippen molar-refractivity contribution in [2.75, 3.05) is 0 Å². The predicted molar refractivity (Wildman–Crippen MR) is 63.3 cm³/mol. The topological polar surface area (TPSA) is 38.0 Å². The number of aliphatic hydroxyl groups excluding tert-OH is 1. The van der Waals surface area contributed by atoms with E-state index in [2.05, 4.69) is 5.10 Å². The van der Waals surface area contributed by atoms with Gasteiger partial charge in [0.15, 0.2) is 0 Å². The molecule has 0 radical (unpaired) electrons. The van der Waals surface area contributed by atoms with Gasteiger partial charge in [0.05, 0.1) is 16.9 Å². The fourth-order valence-electron chi connectivity index (χ4n) is 1.77. The number of aliphatic hydroxyl groups is 1. The monoisotopic (exact) mass is 272 g/mol. The zero-order chi connectivity index (χ0) is 13.3. The van der Waals surface area contributed by atoms with E-state index in [0.29, 0.717) is 6.54 Å². The van der Waals surface area contributed by atoms with Crippen molar-refractivity contribution in [3.8, 4) is 0 Å². The molecular weight excluding hydrogens is 262 g/mol. The van der Waals surface area contributed by atoms with Gasteiger partial charge in [0.1, 0.15) is 17.7 Å². The molecule has 6 heteroatoms. The first-order valence-electron chi connectivity index (χ1n) is 5.38. The molecule has 0 aliphatic heterocycles. The highest BCUT2D eigenvalue weighted by atomic mass is 35.5. The summed E-state index contributed by atoms with van der Waals surface area (Å²) in [6.45, 7) is 2.28. The Labute approximate surface area is 108 Å². The maximum atomic E-state index is 13.6. The van der Waals surface area contributed by atoms with Crippen LogP contribution in [0.4, 0.5) is 8.78 Å². The van der Waals surface area contributed by atoms with Crippen molar-refractivity contribution in [2.45, 2.75) is 19.6 Å². The van der Waals surface area contributed by atoms with Crippen LogP contribution in [0.5, 0.6) is 0 Å². The number of nitrogens with zero attached hydrogens (tertiary/aromatic N) is 2. The number of aromatic nitrogens is 2. The second-order valence-electron chi connectivity index (χ2n) is 3.76. The third kappa shape index (κ3) is 2.23. The molecule has 0 saturated heterocycles. The third-order valence-electron chi connectivity index (χ3n) is 2.64. The lowest BCUT2D eigenvalue weighted by atomic mass is 10.1. The second-order valence-corrected chi connectivity index (χ2v) is 4.17. The minimum atomic E-state index is -1.35. The van der Waals surface area contributed by atoms with E-state index < -0.39 is 17.7 Å². The van der Waals surface area contributed by atoms with Gasteiger partial charge in [-0.1, -0.05) is 11.6 Å². The Morgan fingerprint density at radius 3 is 2.83 bits per heavy atom. The van der Waals surface area contributed by atoms with Gasteiger partial charge >= 0.3 is 0 Å². The normalized spacial score (nSPS) is 12.7. The minimum absolute atomic E-state index is 0.160. The molecule has 3 nitrogen and oxygen atoms in total. The highest BCUT2D eigenvalue weighted by Gasteiger charge is 2.22. The van der Waals surface area contributed by atoms with Crippen LogP contribution < -0.4 is 0 Å². The quantitative estimate of drug-likeness (QED) is 0.933. The molecule has 1 aromatic heterocycles. The van der Waals surface area contributed by atoms with Crippen LogP contribution in [-0.2, 0) is 6.54 Å². The van der Waals surface area contributed by atoms with E-state index in [1.807, 2.05) is 6.92 Å². The first kappa shape index (κ1) is 13.0. The SMILES string of the molecule is CCn1ncc(Cl)c1C(O)c1cc(F)ccc1F. The Morgan fingerprint density at radius 1 is 1.44 bits per heavy atom. The van der Waals surface area contributed by atoms with Crippen LogP contribution in [0.1, 0.15) is 24.3 Å². The van der Waals surface area contributed by atoms with Crippen LogP contribution >= 0.6 is 11.6 Å². The summed E-state index contributed by atoms with van der Waals surface area (Å²) in [5.41, 5.74) is 0.0933. The standard InChI is InChI=1S/C12H11ClF2N2O/c1-2-17-11(9(13)6-16-17)12(18)8-5-7(14)3-4-10(8)15/h3-6,12,18H,2H2,1H3. The Balaban J connectivity index is 2.50. The fourth-order valence-corrected chi connectivity index (χ4v) is 2.01. The van der Waals surface area contributed by atoms with Gasteiger partial charge in [0.25, 0.3) is 0 Å². The molecule has 1 heterocycles. The smallest absolute Gasteiger partial charge is 0.129 e. The van der Waals surface area contributed by atoms with Crippen LogP contribution in [0.2, 0.25) is 5.02 Å². The summed E-state index contributed by atoms with van der Waals surface area (Å²) in [7, 11) is 0. The Kier molecular flexibility index (Phi) is 3.63. The van der Waals surface area contributed by atoms with Crippen LogP contribution in [0.3, 0.4) is 0 Å². The molecule has 1 atom stereocenters. The van der Waals surface area contributed by atoms with Gasteiger partial charge in [-0.2, -0.15) is 5.10 Å². The van der Waals surface area contributed by atoms with E-state index >= 15 is 0 Å². The number of halogens is 3. The van der Waals surface area contributed by atoms with E-state index in [-0.39, 0.29) is 16.3 Å². The van der Waals surface area contributed by atoms with Gasteiger partial charge in [0, 0.05) is 12.1 Å².